The molecule has 0 spiro atoms. The molecule has 18 heavy (non-hydrogen) atoms. The third-order valence-corrected chi connectivity index (χ3v) is 2.78. The molecule has 4 nitrogen and oxygen atoms in total. The van der Waals surface area contributed by atoms with Crippen LogP contribution in [0.15, 0.2) is 36.7 Å². The average Bonchev–Trinajstić information content (AvgIpc) is 2.75. The Morgan fingerprint density at radius 3 is 2.83 bits per heavy atom. The van der Waals surface area contributed by atoms with Crippen LogP contribution in [0.5, 0.6) is 5.75 Å². The van der Waals surface area contributed by atoms with Crippen molar-refractivity contribution in [1.82, 2.24) is 9.78 Å². The van der Waals surface area contributed by atoms with Crippen LogP contribution >= 0.6 is 0 Å². The van der Waals surface area contributed by atoms with Gasteiger partial charge in [-0.2, -0.15) is 5.10 Å². The summed E-state index contributed by atoms with van der Waals surface area (Å²) >= 11 is 0. The number of hydrogen-bond acceptors (Lipinski definition) is 3. The zero-order valence-corrected chi connectivity index (χ0v) is 10.7. The fraction of sp³-hybridized carbons (Fsp3) is 0.357. The van der Waals surface area contributed by atoms with Crippen molar-refractivity contribution in [3.63, 3.8) is 0 Å². The van der Waals surface area contributed by atoms with Crippen LogP contribution in [0.1, 0.15) is 24.2 Å². The van der Waals surface area contributed by atoms with Crippen LogP contribution in [0.3, 0.4) is 0 Å². The highest BCUT2D eigenvalue weighted by Gasteiger charge is 2.08. The van der Waals surface area contributed by atoms with Gasteiger partial charge in [0.05, 0.1) is 18.9 Å². The van der Waals surface area contributed by atoms with Crippen LogP contribution in [-0.4, -0.2) is 21.5 Å². The lowest BCUT2D eigenvalue weighted by Crippen LogP contribution is -2.04. The van der Waals surface area contributed by atoms with E-state index in [0.717, 1.165) is 23.3 Å². The predicted molar refractivity (Wildman–Crippen MR) is 69.5 cm³/mol. The molecule has 0 unspecified atom stereocenters. The van der Waals surface area contributed by atoms with Crippen molar-refractivity contribution >= 4 is 0 Å². The Labute approximate surface area is 107 Å². The number of aryl methyl sites for hydroxylation is 1. The molecule has 2 rings (SSSR count). The van der Waals surface area contributed by atoms with Crippen LogP contribution in [0.25, 0.3) is 0 Å². The molecule has 0 amide bonds. The van der Waals surface area contributed by atoms with Crippen molar-refractivity contribution in [2.24, 2.45) is 7.05 Å². The van der Waals surface area contributed by atoms with Crippen molar-refractivity contribution in [3.8, 4) is 5.75 Å². The first-order valence-corrected chi connectivity index (χ1v) is 6.04. The van der Waals surface area contributed by atoms with E-state index in [0.29, 0.717) is 6.61 Å². The van der Waals surface area contributed by atoms with Crippen LogP contribution in [0.4, 0.5) is 0 Å². The zero-order valence-electron chi connectivity index (χ0n) is 10.7. The van der Waals surface area contributed by atoms with Gasteiger partial charge < -0.3 is 9.84 Å². The summed E-state index contributed by atoms with van der Waals surface area (Å²) in [4.78, 5) is 0. The summed E-state index contributed by atoms with van der Waals surface area (Å²) < 4.78 is 7.49. The average molecular weight is 246 g/mol. The number of aliphatic hydroxyl groups excluding tert-OH is 1. The highest BCUT2D eigenvalue weighted by Crippen LogP contribution is 2.24. The van der Waals surface area contributed by atoms with Crippen molar-refractivity contribution in [2.75, 3.05) is 6.61 Å². The smallest absolute Gasteiger partial charge is 0.125 e. The molecule has 1 atom stereocenters. The summed E-state index contributed by atoms with van der Waals surface area (Å²) in [7, 11) is 1.90. The first-order valence-electron chi connectivity index (χ1n) is 6.04. The fourth-order valence-corrected chi connectivity index (χ4v) is 1.84. The lowest BCUT2D eigenvalue weighted by atomic mass is 10.1. The van der Waals surface area contributed by atoms with E-state index in [1.54, 1.807) is 11.6 Å². The second kappa shape index (κ2) is 5.69. The molecule has 2 aromatic rings. The van der Waals surface area contributed by atoms with E-state index in [1.165, 1.54) is 0 Å². The van der Waals surface area contributed by atoms with Gasteiger partial charge in [0, 0.05) is 25.2 Å². The van der Waals surface area contributed by atoms with E-state index in [9.17, 15) is 5.11 Å². The van der Waals surface area contributed by atoms with Gasteiger partial charge >= 0.3 is 0 Å². The molecule has 1 N–H and O–H groups in total. The molecule has 96 valence electrons. The second-order valence-corrected chi connectivity index (χ2v) is 4.33. The van der Waals surface area contributed by atoms with E-state index in [2.05, 4.69) is 5.10 Å². The largest absolute Gasteiger partial charge is 0.493 e. The number of benzene rings is 1. The van der Waals surface area contributed by atoms with Crippen molar-refractivity contribution < 1.29 is 9.84 Å². The van der Waals surface area contributed by atoms with Gasteiger partial charge in [0.2, 0.25) is 0 Å². The van der Waals surface area contributed by atoms with Gasteiger partial charge in [0.15, 0.2) is 0 Å². The number of hydrogen-bond donors (Lipinski definition) is 1. The second-order valence-electron chi connectivity index (χ2n) is 4.33. The minimum absolute atomic E-state index is 0.514. The lowest BCUT2D eigenvalue weighted by Gasteiger charge is -2.12. The fourth-order valence-electron chi connectivity index (χ4n) is 1.84. The highest BCUT2D eigenvalue weighted by molar-refractivity contribution is 5.34. The van der Waals surface area contributed by atoms with Crippen molar-refractivity contribution in [2.45, 2.75) is 19.4 Å². The molecule has 0 fully saturated rings. The molecule has 4 heteroatoms. The zero-order chi connectivity index (χ0) is 13.0. The topological polar surface area (TPSA) is 47.3 Å². The van der Waals surface area contributed by atoms with Gasteiger partial charge in [-0.3, -0.25) is 4.68 Å². The van der Waals surface area contributed by atoms with Crippen LogP contribution in [0.2, 0.25) is 0 Å². The Balaban J connectivity index is 1.94. The summed E-state index contributed by atoms with van der Waals surface area (Å²) in [6.45, 7) is 2.32. The molecule has 0 saturated heterocycles. The number of para-hydroxylation sites is 1. The maximum atomic E-state index is 9.63. The monoisotopic (exact) mass is 246 g/mol. The van der Waals surface area contributed by atoms with E-state index in [4.69, 9.17) is 4.74 Å². The minimum Gasteiger partial charge on any atom is -0.493 e. The molecule has 0 saturated carbocycles. The highest BCUT2D eigenvalue weighted by atomic mass is 16.5. The van der Waals surface area contributed by atoms with Crippen LogP contribution < -0.4 is 4.74 Å². The number of nitrogens with zero attached hydrogens (tertiary/aromatic N) is 2. The maximum absolute atomic E-state index is 9.63. The molecule has 0 aliphatic heterocycles. The summed E-state index contributed by atoms with van der Waals surface area (Å²) in [5, 5.41) is 13.7. The third kappa shape index (κ3) is 3.11. The molecular formula is C14H18N2O2. The Bertz CT molecular complexity index is 506. The van der Waals surface area contributed by atoms with E-state index in [1.807, 2.05) is 43.7 Å². The van der Waals surface area contributed by atoms with Crippen LogP contribution in [0, 0.1) is 0 Å². The van der Waals surface area contributed by atoms with E-state index < -0.39 is 6.10 Å². The summed E-state index contributed by atoms with van der Waals surface area (Å²) in [5.41, 5.74) is 1.97. The third-order valence-electron chi connectivity index (χ3n) is 2.78. The van der Waals surface area contributed by atoms with Gasteiger partial charge in [-0.05, 0) is 18.6 Å². The van der Waals surface area contributed by atoms with Gasteiger partial charge in [-0.25, -0.2) is 0 Å². The lowest BCUT2D eigenvalue weighted by molar-refractivity contribution is 0.191. The Morgan fingerprint density at radius 2 is 2.17 bits per heavy atom. The molecule has 0 radical (unpaired) electrons. The minimum atomic E-state index is -0.514. The van der Waals surface area contributed by atoms with Gasteiger partial charge in [-0.1, -0.05) is 18.2 Å². The summed E-state index contributed by atoms with van der Waals surface area (Å²) in [6, 6.07) is 7.57. The maximum Gasteiger partial charge on any atom is 0.125 e. The van der Waals surface area contributed by atoms with Crippen LogP contribution in [-0.2, 0) is 13.5 Å². The standard InChI is InChI=1S/C14H18N2O2/c1-11(17)13-5-3-4-6-14(13)18-8-7-12-9-15-16(2)10-12/h3-6,9-11,17H,7-8H2,1-2H3/t11-/m1/s1. The molecule has 1 aromatic carbocycles. The molecular weight excluding hydrogens is 228 g/mol. The first-order chi connectivity index (χ1) is 8.66. The molecule has 0 aliphatic rings. The molecule has 0 aliphatic carbocycles. The Kier molecular flexibility index (Phi) is 3.99. The number of ether oxygens (including phenoxy) is 1. The van der Waals surface area contributed by atoms with Gasteiger partial charge in [0.25, 0.3) is 0 Å². The van der Waals surface area contributed by atoms with Crippen molar-refractivity contribution in [3.05, 3.63) is 47.8 Å². The van der Waals surface area contributed by atoms with E-state index in [-0.39, 0.29) is 0 Å². The quantitative estimate of drug-likeness (QED) is 0.878. The van der Waals surface area contributed by atoms with Crippen molar-refractivity contribution in [1.29, 1.82) is 0 Å². The van der Waals surface area contributed by atoms with Gasteiger partial charge in [0.1, 0.15) is 5.75 Å². The Morgan fingerprint density at radius 1 is 1.39 bits per heavy atom. The molecule has 1 heterocycles. The first kappa shape index (κ1) is 12.6. The molecule has 0 bridgehead atoms. The number of aromatic nitrogens is 2. The number of aliphatic hydroxyl groups is 1. The Hall–Kier alpha value is -1.81. The predicted octanol–water partition coefficient (Wildman–Crippen LogP) is 2.09. The summed E-state index contributed by atoms with van der Waals surface area (Å²) in [5.74, 6) is 0.747. The summed E-state index contributed by atoms with van der Waals surface area (Å²) in [6.07, 6.45) is 4.11. The number of rotatable bonds is 5. The molecule has 1 aromatic heterocycles. The van der Waals surface area contributed by atoms with Gasteiger partial charge in [-0.15, -0.1) is 0 Å². The SMILES string of the molecule is C[C@@H](O)c1ccccc1OCCc1cnn(C)c1. The van der Waals surface area contributed by atoms with E-state index >= 15 is 0 Å². The normalized spacial score (nSPS) is 12.4.